The normalized spacial score (nSPS) is 13.6. The largest absolute Gasteiger partial charge is 0.335 e. The fraction of sp³-hybridized carbons (Fsp3) is 1.00. The van der Waals surface area contributed by atoms with E-state index in [4.69, 9.17) is 28.4 Å². The molecule has 0 bridgehead atoms. The molecule has 0 aromatic carbocycles. The second-order valence-corrected chi connectivity index (χ2v) is 15.7. The van der Waals surface area contributed by atoms with Crippen molar-refractivity contribution in [1.82, 2.24) is 0 Å². The van der Waals surface area contributed by atoms with Crippen LogP contribution in [0.1, 0.15) is 12.8 Å². The maximum atomic E-state index is 5.35. The van der Waals surface area contributed by atoms with E-state index in [1.54, 1.807) is 42.7 Å². The standard InChI is InChI=1S/C14H34O6S4Si2/c1-15-13(16-2,17-3)25-11-7-9-21-23-24-22-10-8-12-26-14(18-4,19-5)20-6/h7-12,25-26H2,1-6H3. The van der Waals surface area contributed by atoms with Crippen LogP contribution in [0.3, 0.4) is 0 Å². The van der Waals surface area contributed by atoms with Gasteiger partial charge in [0.1, 0.15) is 19.0 Å². The average Bonchev–Trinajstić information content (AvgIpc) is 2.69. The molecule has 0 aromatic heterocycles. The summed E-state index contributed by atoms with van der Waals surface area (Å²) >= 11 is 0. The first-order chi connectivity index (χ1) is 12.6. The van der Waals surface area contributed by atoms with Crippen LogP contribution in [0.5, 0.6) is 0 Å². The van der Waals surface area contributed by atoms with Gasteiger partial charge in [-0.25, -0.2) is 0 Å². The van der Waals surface area contributed by atoms with E-state index in [1.807, 2.05) is 41.2 Å². The minimum absolute atomic E-state index is 0.581. The van der Waals surface area contributed by atoms with E-state index in [0.717, 1.165) is 23.6 Å². The number of hydrogen-bond acceptors (Lipinski definition) is 10. The molecule has 0 N–H and O–H groups in total. The van der Waals surface area contributed by atoms with Crippen LogP contribution in [0.2, 0.25) is 12.1 Å². The van der Waals surface area contributed by atoms with Gasteiger partial charge in [0, 0.05) is 54.2 Å². The smallest absolute Gasteiger partial charge is 0.248 e. The Kier molecular flexibility index (Phi) is 18.5. The predicted molar refractivity (Wildman–Crippen MR) is 124 cm³/mol. The Hall–Kier alpha value is 1.59. The lowest BCUT2D eigenvalue weighted by Crippen LogP contribution is -2.42. The summed E-state index contributed by atoms with van der Waals surface area (Å²) in [6.07, 6.45) is 2.34. The fourth-order valence-corrected chi connectivity index (χ4v) is 12.3. The van der Waals surface area contributed by atoms with Gasteiger partial charge in [-0.3, -0.25) is 0 Å². The molecule has 0 fully saturated rings. The molecule has 0 aliphatic rings. The van der Waals surface area contributed by atoms with Gasteiger partial charge in [0.2, 0.25) is 11.2 Å². The maximum absolute atomic E-state index is 5.35. The molecular formula is C14H34O6S4Si2. The van der Waals surface area contributed by atoms with Gasteiger partial charge in [-0.15, -0.1) is 0 Å². The molecule has 0 amide bonds. The van der Waals surface area contributed by atoms with Crippen molar-refractivity contribution in [3.63, 3.8) is 0 Å². The van der Waals surface area contributed by atoms with Crippen molar-refractivity contribution in [3.8, 4) is 0 Å². The molecule has 0 rings (SSSR count). The molecule has 0 atom stereocenters. The van der Waals surface area contributed by atoms with Crippen molar-refractivity contribution in [3.05, 3.63) is 0 Å². The van der Waals surface area contributed by atoms with Crippen LogP contribution in [0.15, 0.2) is 0 Å². The average molecular weight is 483 g/mol. The van der Waals surface area contributed by atoms with Crippen LogP contribution in [-0.4, -0.2) is 84.4 Å². The molecule has 6 nitrogen and oxygen atoms in total. The lowest BCUT2D eigenvalue weighted by molar-refractivity contribution is -0.295. The molecule has 0 radical (unpaired) electrons. The van der Waals surface area contributed by atoms with Crippen molar-refractivity contribution < 1.29 is 28.4 Å². The van der Waals surface area contributed by atoms with E-state index in [-0.39, 0.29) is 0 Å². The molecule has 158 valence electrons. The van der Waals surface area contributed by atoms with Crippen molar-refractivity contribution in [2.45, 2.75) is 36.1 Å². The molecule has 0 saturated carbocycles. The highest BCUT2D eigenvalue weighted by molar-refractivity contribution is 9.26. The summed E-state index contributed by atoms with van der Waals surface area (Å²) in [5.41, 5.74) is -1.50. The third-order valence-corrected chi connectivity index (χ3v) is 15.2. The Morgan fingerprint density at radius 2 is 0.885 bits per heavy atom. The molecular weight excluding hydrogens is 449 g/mol. The Labute approximate surface area is 178 Å². The third-order valence-electron chi connectivity index (χ3n) is 3.91. The zero-order valence-electron chi connectivity index (χ0n) is 16.7. The quantitative estimate of drug-likeness (QED) is 0.119. The number of hydrogen-bond donors (Lipinski definition) is 0. The molecule has 0 heterocycles. The monoisotopic (exact) mass is 482 g/mol. The minimum atomic E-state index is -0.752. The second kappa shape index (κ2) is 17.5. The van der Waals surface area contributed by atoms with Gasteiger partial charge in [0.25, 0.3) is 0 Å². The Balaban J connectivity index is 3.50. The number of rotatable bonds is 19. The van der Waals surface area contributed by atoms with Crippen LogP contribution in [0, 0.1) is 0 Å². The molecule has 12 heteroatoms. The summed E-state index contributed by atoms with van der Waals surface area (Å²) in [5.74, 6) is 2.28. The number of ether oxygens (including phenoxy) is 6. The van der Waals surface area contributed by atoms with E-state index in [1.165, 1.54) is 12.8 Å². The highest BCUT2D eigenvalue weighted by atomic mass is 33.7. The summed E-state index contributed by atoms with van der Waals surface area (Å²) in [5, 5.41) is 0. The Morgan fingerprint density at radius 3 is 1.15 bits per heavy atom. The van der Waals surface area contributed by atoms with Gasteiger partial charge < -0.3 is 28.4 Å². The fourth-order valence-electron chi connectivity index (χ4n) is 2.22. The van der Waals surface area contributed by atoms with Gasteiger partial charge in [-0.2, -0.15) is 0 Å². The summed E-state index contributed by atoms with van der Waals surface area (Å²) in [7, 11) is 16.2. The van der Waals surface area contributed by atoms with Crippen LogP contribution in [0.4, 0.5) is 0 Å². The van der Waals surface area contributed by atoms with Crippen molar-refractivity contribution in [2.75, 3.05) is 54.2 Å². The topological polar surface area (TPSA) is 55.4 Å². The molecule has 0 saturated heterocycles. The Morgan fingerprint density at radius 1 is 0.577 bits per heavy atom. The third kappa shape index (κ3) is 11.6. The van der Waals surface area contributed by atoms with Crippen LogP contribution >= 0.6 is 41.2 Å². The van der Waals surface area contributed by atoms with Gasteiger partial charge in [-0.05, 0) is 32.5 Å². The summed E-state index contributed by atoms with van der Waals surface area (Å²) < 4.78 is 32.1. The Bertz CT molecular complexity index is 279. The lowest BCUT2D eigenvalue weighted by atomic mass is 10.6. The van der Waals surface area contributed by atoms with Gasteiger partial charge >= 0.3 is 0 Å². The van der Waals surface area contributed by atoms with Gasteiger partial charge in [-0.1, -0.05) is 33.7 Å². The second-order valence-electron chi connectivity index (χ2n) is 5.29. The molecule has 0 aliphatic heterocycles. The summed E-state index contributed by atoms with van der Waals surface area (Å²) in [6.45, 7) is 0. The maximum Gasteiger partial charge on any atom is 0.248 e. The van der Waals surface area contributed by atoms with E-state index >= 15 is 0 Å². The zero-order chi connectivity index (χ0) is 19.7. The number of methoxy groups -OCH3 is 6. The van der Waals surface area contributed by atoms with Crippen molar-refractivity contribution >= 4 is 60.3 Å². The van der Waals surface area contributed by atoms with E-state index in [0.29, 0.717) is 0 Å². The van der Waals surface area contributed by atoms with Gasteiger partial charge in [0.05, 0.1) is 0 Å². The van der Waals surface area contributed by atoms with Crippen LogP contribution in [0.25, 0.3) is 0 Å². The predicted octanol–water partition coefficient (Wildman–Crippen LogP) is 2.72. The lowest BCUT2D eigenvalue weighted by Gasteiger charge is -2.28. The first-order valence-electron chi connectivity index (χ1n) is 8.46. The van der Waals surface area contributed by atoms with E-state index < -0.39 is 30.2 Å². The molecule has 0 unspecified atom stereocenters. The first kappa shape index (κ1) is 27.6. The molecule has 26 heavy (non-hydrogen) atoms. The highest BCUT2D eigenvalue weighted by Gasteiger charge is 2.29. The summed E-state index contributed by atoms with van der Waals surface area (Å²) in [4.78, 5) is 0. The zero-order valence-corrected chi connectivity index (χ0v) is 22.8. The van der Waals surface area contributed by atoms with E-state index in [9.17, 15) is 0 Å². The molecule has 0 aromatic rings. The van der Waals surface area contributed by atoms with Crippen LogP contribution < -0.4 is 0 Å². The van der Waals surface area contributed by atoms with Crippen LogP contribution in [-0.2, 0) is 28.4 Å². The van der Waals surface area contributed by atoms with Crippen molar-refractivity contribution in [2.24, 2.45) is 0 Å². The molecule has 0 spiro atoms. The highest BCUT2D eigenvalue weighted by Crippen LogP contribution is 2.43. The minimum Gasteiger partial charge on any atom is -0.335 e. The summed E-state index contributed by atoms with van der Waals surface area (Å²) in [6, 6.07) is 2.29. The van der Waals surface area contributed by atoms with E-state index in [2.05, 4.69) is 0 Å². The van der Waals surface area contributed by atoms with Gasteiger partial charge in [0.15, 0.2) is 0 Å². The SMILES string of the molecule is COC(OC)(OC)[SiH2]CCCSSSSCCC[SiH2]C(OC)(OC)OC. The van der Waals surface area contributed by atoms with Crippen molar-refractivity contribution in [1.29, 1.82) is 0 Å². The molecule has 0 aliphatic carbocycles. The first-order valence-corrected chi connectivity index (χ1v) is 17.0.